The molecule has 0 unspecified atom stereocenters. The molecule has 2 rings (SSSR count). The first-order valence-electron chi connectivity index (χ1n) is 3.48. The highest BCUT2D eigenvalue weighted by molar-refractivity contribution is 6.09. The number of aromatic nitrogens is 1. The van der Waals surface area contributed by atoms with Gasteiger partial charge in [0.25, 0.3) is 11.8 Å². The molecule has 0 aliphatic carbocycles. The Balaban J connectivity index is 2.60. The van der Waals surface area contributed by atoms with Gasteiger partial charge in [0.15, 0.2) is 0 Å². The molecule has 0 atom stereocenters. The van der Waals surface area contributed by atoms with Crippen molar-refractivity contribution in [2.45, 2.75) is 6.54 Å². The fourth-order valence-electron chi connectivity index (χ4n) is 1.32. The third-order valence-electron chi connectivity index (χ3n) is 1.88. The average Bonchev–Trinajstić information content (AvgIpc) is 2.53. The van der Waals surface area contributed by atoms with Crippen LogP contribution < -0.4 is 11.1 Å². The zero-order valence-electron chi connectivity index (χ0n) is 6.18. The van der Waals surface area contributed by atoms with Crippen LogP contribution in [0.25, 0.3) is 0 Å². The second-order valence-corrected chi connectivity index (χ2v) is 2.60. The summed E-state index contributed by atoms with van der Waals surface area (Å²) in [6, 6.07) is 0. The quantitative estimate of drug-likeness (QED) is 0.516. The van der Waals surface area contributed by atoms with Gasteiger partial charge in [-0.2, -0.15) is 0 Å². The molecule has 12 heavy (non-hydrogen) atoms. The summed E-state index contributed by atoms with van der Waals surface area (Å²) < 4.78 is 0. The Morgan fingerprint density at radius 3 is 3.00 bits per heavy atom. The van der Waals surface area contributed by atoms with Gasteiger partial charge in [0.05, 0.1) is 17.7 Å². The van der Waals surface area contributed by atoms with E-state index >= 15 is 0 Å². The lowest BCUT2D eigenvalue weighted by atomic mass is 10.1. The molecule has 62 valence electrons. The van der Waals surface area contributed by atoms with Gasteiger partial charge in [0.1, 0.15) is 0 Å². The number of carbonyl (C=O) groups excluding carboxylic acids is 2. The Bertz CT molecular complexity index is 367. The predicted molar refractivity (Wildman–Crippen MR) is 40.5 cm³/mol. The lowest BCUT2D eigenvalue weighted by Gasteiger charge is -1.92. The minimum Gasteiger partial charge on any atom is -0.366 e. The van der Waals surface area contributed by atoms with Crippen LogP contribution in [-0.4, -0.2) is 16.8 Å². The van der Waals surface area contributed by atoms with E-state index in [0.717, 1.165) is 5.69 Å². The fraction of sp³-hybridized carbons (Fsp3) is 0.143. The van der Waals surface area contributed by atoms with Crippen LogP contribution in [0.2, 0.25) is 0 Å². The lowest BCUT2D eigenvalue weighted by Crippen LogP contribution is -2.18. The Labute approximate surface area is 67.9 Å². The molecule has 1 aromatic rings. The number of rotatable bonds is 1. The van der Waals surface area contributed by atoms with E-state index in [1.165, 1.54) is 6.20 Å². The average molecular weight is 165 g/mol. The van der Waals surface area contributed by atoms with Crippen LogP contribution in [0.5, 0.6) is 0 Å². The molecule has 1 aliphatic heterocycles. The molecule has 5 heteroatoms. The standard InChI is InChI=1S/C7H7N3O2/c8-6(11)3-1-9-4-2-10-7(12)5(3)4/h1,9H,2H2,(H2,8,11)(H,10,12). The first kappa shape index (κ1) is 6.90. The minimum absolute atomic E-state index is 0.236. The van der Waals surface area contributed by atoms with Gasteiger partial charge in [0.2, 0.25) is 0 Å². The second-order valence-electron chi connectivity index (χ2n) is 2.60. The Kier molecular flexibility index (Phi) is 1.21. The summed E-state index contributed by atoms with van der Waals surface area (Å²) in [6.07, 6.45) is 1.46. The van der Waals surface area contributed by atoms with Crippen molar-refractivity contribution in [3.8, 4) is 0 Å². The zero-order chi connectivity index (χ0) is 8.72. The van der Waals surface area contributed by atoms with Crippen LogP contribution in [0.15, 0.2) is 6.20 Å². The summed E-state index contributed by atoms with van der Waals surface area (Å²) in [5.41, 5.74) is 6.44. The summed E-state index contributed by atoms with van der Waals surface area (Å²) in [7, 11) is 0. The Morgan fingerprint density at radius 2 is 2.33 bits per heavy atom. The van der Waals surface area contributed by atoms with Gasteiger partial charge in [-0.05, 0) is 0 Å². The third-order valence-corrected chi connectivity index (χ3v) is 1.88. The molecule has 0 aromatic carbocycles. The van der Waals surface area contributed by atoms with Crippen LogP contribution in [0.1, 0.15) is 26.4 Å². The molecule has 1 aromatic heterocycles. The van der Waals surface area contributed by atoms with Crippen LogP contribution in [0.3, 0.4) is 0 Å². The highest BCUT2D eigenvalue weighted by atomic mass is 16.2. The van der Waals surface area contributed by atoms with Crippen molar-refractivity contribution in [3.05, 3.63) is 23.0 Å². The molecule has 0 fully saturated rings. The number of fused-ring (bicyclic) bond motifs is 1. The summed E-state index contributed by atoms with van der Waals surface area (Å²) >= 11 is 0. The van der Waals surface area contributed by atoms with Crippen molar-refractivity contribution in [2.24, 2.45) is 5.73 Å². The number of nitrogens with one attached hydrogen (secondary N) is 2. The van der Waals surface area contributed by atoms with Gasteiger partial charge in [0, 0.05) is 11.9 Å². The maximum absolute atomic E-state index is 11.1. The molecule has 0 bridgehead atoms. The van der Waals surface area contributed by atoms with E-state index in [0.29, 0.717) is 12.1 Å². The summed E-state index contributed by atoms with van der Waals surface area (Å²) in [5, 5.41) is 2.58. The van der Waals surface area contributed by atoms with Gasteiger partial charge >= 0.3 is 0 Å². The van der Waals surface area contributed by atoms with Crippen molar-refractivity contribution in [1.82, 2.24) is 10.3 Å². The molecule has 2 amide bonds. The number of hydrogen-bond acceptors (Lipinski definition) is 2. The van der Waals surface area contributed by atoms with E-state index in [1.807, 2.05) is 0 Å². The first-order valence-corrected chi connectivity index (χ1v) is 3.48. The lowest BCUT2D eigenvalue weighted by molar-refractivity contribution is 0.0947. The highest BCUT2D eigenvalue weighted by Crippen LogP contribution is 2.18. The molecule has 1 aliphatic rings. The van der Waals surface area contributed by atoms with Crippen molar-refractivity contribution in [2.75, 3.05) is 0 Å². The number of carbonyl (C=O) groups is 2. The number of H-pyrrole nitrogens is 1. The molecule has 5 nitrogen and oxygen atoms in total. The molecule has 0 saturated heterocycles. The van der Waals surface area contributed by atoms with E-state index in [9.17, 15) is 9.59 Å². The van der Waals surface area contributed by atoms with Gasteiger partial charge in [-0.15, -0.1) is 0 Å². The van der Waals surface area contributed by atoms with Crippen LogP contribution in [0, 0.1) is 0 Å². The number of amides is 2. The highest BCUT2D eigenvalue weighted by Gasteiger charge is 2.26. The first-order chi connectivity index (χ1) is 5.70. The van der Waals surface area contributed by atoms with Gasteiger partial charge in [-0.1, -0.05) is 0 Å². The summed E-state index contributed by atoms with van der Waals surface area (Å²) in [6.45, 7) is 0.446. The van der Waals surface area contributed by atoms with Crippen LogP contribution >= 0.6 is 0 Å². The monoisotopic (exact) mass is 165 g/mol. The molecule has 0 saturated carbocycles. The number of nitrogens with two attached hydrogens (primary N) is 1. The molecule has 0 radical (unpaired) electrons. The normalized spacial score (nSPS) is 14.2. The Hall–Kier alpha value is -1.78. The smallest absolute Gasteiger partial charge is 0.254 e. The van der Waals surface area contributed by atoms with E-state index in [4.69, 9.17) is 5.73 Å². The third kappa shape index (κ3) is 0.730. The minimum atomic E-state index is -0.579. The van der Waals surface area contributed by atoms with Crippen molar-refractivity contribution < 1.29 is 9.59 Å². The maximum Gasteiger partial charge on any atom is 0.254 e. The molecular weight excluding hydrogens is 158 g/mol. The van der Waals surface area contributed by atoms with Gasteiger partial charge in [-0.25, -0.2) is 0 Å². The molecule has 4 N–H and O–H groups in total. The number of aromatic amines is 1. The SMILES string of the molecule is NC(=O)c1c[nH]c2c1C(=O)NC2. The maximum atomic E-state index is 11.1. The number of primary amides is 1. The summed E-state index contributed by atoms with van der Waals surface area (Å²) in [4.78, 5) is 24.7. The Morgan fingerprint density at radius 1 is 1.58 bits per heavy atom. The summed E-state index contributed by atoms with van der Waals surface area (Å²) in [5.74, 6) is -0.815. The van der Waals surface area contributed by atoms with Crippen LogP contribution in [0.4, 0.5) is 0 Å². The van der Waals surface area contributed by atoms with E-state index < -0.39 is 5.91 Å². The fourth-order valence-corrected chi connectivity index (χ4v) is 1.32. The second kappa shape index (κ2) is 2.10. The molecular formula is C7H7N3O2. The van der Waals surface area contributed by atoms with Gasteiger partial charge < -0.3 is 16.0 Å². The van der Waals surface area contributed by atoms with Gasteiger partial charge in [-0.3, -0.25) is 9.59 Å². The van der Waals surface area contributed by atoms with Crippen LogP contribution in [-0.2, 0) is 6.54 Å². The van der Waals surface area contributed by atoms with Crippen molar-refractivity contribution in [3.63, 3.8) is 0 Å². The zero-order valence-corrected chi connectivity index (χ0v) is 6.18. The van der Waals surface area contributed by atoms with E-state index in [2.05, 4.69) is 10.3 Å². The number of hydrogen-bond donors (Lipinski definition) is 3. The van der Waals surface area contributed by atoms with E-state index in [-0.39, 0.29) is 11.5 Å². The largest absolute Gasteiger partial charge is 0.366 e. The predicted octanol–water partition coefficient (Wildman–Crippen LogP) is -0.643. The molecule has 0 spiro atoms. The van der Waals surface area contributed by atoms with Crippen molar-refractivity contribution in [1.29, 1.82) is 0 Å². The molecule has 2 heterocycles. The van der Waals surface area contributed by atoms with E-state index in [1.54, 1.807) is 0 Å². The topological polar surface area (TPSA) is 88.0 Å². The van der Waals surface area contributed by atoms with Crippen molar-refractivity contribution >= 4 is 11.8 Å².